The third-order valence-electron chi connectivity index (χ3n) is 2.95. The molecule has 0 atom stereocenters. The molecule has 0 aliphatic heterocycles. The van der Waals surface area contributed by atoms with Crippen LogP contribution >= 0.6 is 0 Å². The summed E-state index contributed by atoms with van der Waals surface area (Å²) >= 11 is 0. The Morgan fingerprint density at radius 2 is 1.94 bits per heavy atom. The van der Waals surface area contributed by atoms with Gasteiger partial charge in [-0.25, -0.2) is 4.98 Å². The molecule has 0 unspecified atom stereocenters. The van der Waals surface area contributed by atoms with Gasteiger partial charge in [0.2, 0.25) is 0 Å². The van der Waals surface area contributed by atoms with Crippen LogP contribution in [0.2, 0.25) is 0 Å². The fraction of sp³-hybridized carbons (Fsp3) is 0.357. The molecule has 0 radical (unpaired) electrons. The number of aromatic nitrogens is 2. The van der Waals surface area contributed by atoms with Gasteiger partial charge in [-0.3, -0.25) is 0 Å². The lowest BCUT2D eigenvalue weighted by Gasteiger charge is -2.09. The van der Waals surface area contributed by atoms with Crippen LogP contribution in [0.1, 0.15) is 31.2 Å². The smallest absolute Gasteiger partial charge is 0.127 e. The van der Waals surface area contributed by atoms with Crippen molar-refractivity contribution in [2.75, 3.05) is 5.32 Å². The molecule has 0 saturated carbocycles. The summed E-state index contributed by atoms with van der Waals surface area (Å²) in [4.78, 5) is 4.28. The van der Waals surface area contributed by atoms with Crippen molar-refractivity contribution in [1.29, 1.82) is 0 Å². The molecule has 0 amide bonds. The van der Waals surface area contributed by atoms with Crippen LogP contribution in [0.4, 0.5) is 5.69 Å². The molecule has 2 aromatic rings. The van der Waals surface area contributed by atoms with E-state index in [1.54, 1.807) is 0 Å². The van der Waals surface area contributed by atoms with Gasteiger partial charge in [-0.2, -0.15) is 0 Å². The number of rotatable bonds is 4. The van der Waals surface area contributed by atoms with Crippen LogP contribution < -0.4 is 5.32 Å². The molecule has 1 N–H and O–H groups in total. The van der Waals surface area contributed by atoms with Gasteiger partial charge in [0.05, 0.1) is 6.54 Å². The van der Waals surface area contributed by atoms with Gasteiger partial charge in [0.25, 0.3) is 0 Å². The number of hydrogen-bond donors (Lipinski definition) is 1. The van der Waals surface area contributed by atoms with Gasteiger partial charge in [-0.05, 0) is 23.6 Å². The zero-order valence-electron chi connectivity index (χ0n) is 10.6. The van der Waals surface area contributed by atoms with Crippen LogP contribution in [-0.4, -0.2) is 9.55 Å². The Balaban J connectivity index is 1.98. The molecule has 90 valence electrons. The zero-order chi connectivity index (χ0) is 12.3. The van der Waals surface area contributed by atoms with Crippen molar-refractivity contribution in [2.24, 2.45) is 7.05 Å². The molecule has 0 fully saturated rings. The number of hydrogen-bond acceptors (Lipinski definition) is 2. The Hall–Kier alpha value is -1.77. The molecule has 3 nitrogen and oxygen atoms in total. The van der Waals surface area contributed by atoms with Crippen molar-refractivity contribution in [3.63, 3.8) is 0 Å². The van der Waals surface area contributed by atoms with Crippen molar-refractivity contribution in [2.45, 2.75) is 26.3 Å². The van der Waals surface area contributed by atoms with Gasteiger partial charge >= 0.3 is 0 Å². The van der Waals surface area contributed by atoms with Crippen molar-refractivity contribution >= 4 is 5.69 Å². The standard InChI is InChI=1S/C14H19N3/c1-11(2)12-4-6-13(7-5-12)16-10-14-15-8-9-17(14)3/h4-9,11,16H,10H2,1-3H3. The first-order valence-electron chi connectivity index (χ1n) is 5.97. The van der Waals surface area contributed by atoms with Crippen LogP contribution in [0.25, 0.3) is 0 Å². The molecule has 2 rings (SSSR count). The first-order valence-corrected chi connectivity index (χ1v) is 5.97. The van der Waals surface area contributed by atoms with Crippen LogP contribution in [-0.2, 0) is 13.6 Å². The van der Waals surface area contributed by atoms with E-state index < -0.39 is 0 Å². The van der Waals surface area contributed by atoms with Gasteiger partial charge in [-0.15, -0.1) is 0 Å². The lowest BCUT2D eigenvalue weighted by Crippen LogP contribution is -2.05. The molecule has 3 heteroatoms. The highest BCUT2D eigenvalue weighted by molar-refractivity contribution is 5.45. The van der Waals surface area contributed by atoms with E-state index in [4.69, 9.17) is 0 Å². The molecular formula is C14H19N3. The minimum absolute atomic E-state index is 0.582. The number of aryl methyl sites for hydroxylation is 1. The Morgan fingerprint density at radius 1 is 1.24 bits per heavy atom. The van der Waals surface area contributed by atoms with E-state index >= 15 is 0 Å². The Bertz CT molecular complexity index is 468. The van der Waals surface area contributed by atoms with Gasteiger partial charge in [0.15, 0.2) is 0 Å². The van der Waals surface area contributed by atoms with Crippen molar-refractivity contribution in [3.8, 4) is 0 Å². The minimum Gasteiger partial charge on any atom is -0.378 e. The molecule has 1 heterocycles. The summed E-state index contributed by atoms with van der Waals surface area (Å²) in [6.45, 7) is 5.16. The van der Waals surface area contributed by atoms with Gasteiger partial charge in [0, 0.05) is 25.1 Å². The van der Waals surface area contributed by atoms with Gasteiger partial charge in [0.1, 0.15) is 5.82 Å². The maximum atomic E-state index is 4.28. The molecular weight excluding hydrogens is 210 g/mol. The summed E-state index contributed by atoms with van der Waals surface area (Å²) in [6, 6.07) is 8.59. The maximum Gasteiger partial charge on any atom is 0.127 e. The zero-order valence-corrected chi connectivity index (χ0v) is 10.6. The van der Waals surface area contributed by atoms with E-state index in [-0.39, 0.29) is 0 Å². The highest BCUT2D eigenvalue weighted by Gasteiger charge is 2.00. The maximum absolute atomic E-state index is 4.28. The monoisotopic (exact) mass is 229 g/mol. The molecule has 0 spiro atoms. The fourth-order valence-electron chi connectivity index (χ4n) is 1.73. The molecule has 0 saturated heterocycles. The first-order chi connectivity index (χ1) is 8.16. The van der Waals surface area contributed by atoms with Gasteiger partial charge < -0.3 is 9.88 Å². The van der Waals surface area contributed by atoms with Crippen LogP contribution in [0.5, 0.6) is 0 Å². The van der Waals surface area contributed by atoms with E-state index in [1.807, 2.05) is 24.0 Å². The number of imidazole rings is 1. The predicted octanol–water partition coefficient (Wildman–Crippen LogP) is 3.16. The Morgan fingerprint density at radius 3 is 2.47 bits per heavy atom. The third kappa shape index (κ3) is 2.87. The highest BCUT2D eigenvalue weighted by Crippen LogP contribution is 2.17. The third-order valence-corrected chi connectivity index (χ3v) is 2.95. The summed E-state index contributed by atoms with van der Waals surface area (Å²) in [7, 11) is 2.01. The summed E-state index contributed by atoms with van der Waals surface area (Å²) in [5.41, 5.74) is 2.50. The minimum atomic E-state index is 0.582. The second kappa shape index (κ2) is 5.04. The molecule has 0 aliphatic carbocycles. The van der Waals surface area contributed by atoms with Crippen LogP contribution in [0.15, 0.2) is 36.7 Å². The number of anilines is 1. The number of nitrogens with zero attached hydrogens (tertiary/aromatic N) is 2. The normalized spacial score (nSPS) is 10.8. The van der Waals surface area contributed by atoms with E-state index in [9.17, 15) is 0 Å². The summed E-state index contributed by atoms with van der Waals surface area (Å²) in [5.74, 6) is 1.62. The quantitative estimate of drug-likeness (QED) is 0.872. The van der Waals surface area contributed by atoms with E-state index in [1.165, 1.54) is 5.56 Å². The van der Waals surface area contributed by atoms with Crippen molar-refractivity contribution in [1.82, 2.24) is 9.55 Å². The van der Waals surface area contributed by atoms with E-state index in [0.29, 0.717) is 5.92 Å². The van der Waals surface area contributed by atoms with Gasteiger partial charge in [-0.1, -0.05) is 26.0 Å². The summed E-state index contributed by atoms with van der Waals surface area (Å²) in [5, 5.41) is 3.37. The second-order valence-corrected chi connectivity index (χ2v) is 4.58. The molecule has 1 aromatic heterocycles. The topological polar surface area (TPSA) is 29.9 Å². The number of benzene rings is 1. The lowest BCUT2D eigenvalue weighted by atomic mass is 10.0. The molecule has 17 heavy (non-hydrogen) atoms. The van der Waals surface area contributed by atoms with Crippen molar-refractivity contribution in [3.05, 3.63) is 48.0 Å². The lowest BCUT2D eigenvalue weighted by molar-refractivity contribution is 0.812. The summed E-state index contributed by atoms with van der Waals surface area (Å²) in [6.07, 6.45) is 3.78. The van der Waals surface area contributed by atoms with E-state index in [2.05, 4.69) is 48.4 Å². The first kappa shape index (κ1) is 11.7. The average Bonchev–Trinajstić information content (AvgIpc) is 2.73. The highest BCUT2D eigenvalue weighted by atomic mass is 15.1. The average molecular weight is 229 g/mol. The molecule has 0 bridgehead atoms. The van der Waals surface area contributed by atoms with E-state index in [0.717, 1.165) is 18.1 Å². The fourth-order valence-corrected chi connectivity index (χ4v) is 1.73. The second-order valence-electron chi connectivity index (χ2n) is 4.58. The van der Waals surface area contributed by atoms with Crippen molar-refractivity contribution < 1.29 is 0 Å². The molecule has 1 aromatic carbocycles. The molecule has 0 aliphatic rings. The van der Waals surface area contributed by atoms with Crippen LogP contribution in [0.3, 0.4) is 0 Å². The predicted molar refractivity (Wildman–Crippen MR) is 71.1 cm³/mol. The summed E-state index contributed by atoms with van der Waals surface area (Å²) < 4.78 is 2.02. The Labute approximate surface area is 103 Å². The SMILES string of the molecule is CC(C)c1ccc(NCc2nccn2C)cc1. The Kier molecular flexibility index (Phi) is 3.47. The largest absolute Gasteiger partial charge is 0.378 e. The number of nitrogens with one attached hydrogen (secondary N) is 1. The van der Waals surface area contributed by atoms with Crippen LogP contribution in [0, 0.1) is 0 Å².